The second kappa shape index (κ2) is 6.50. The van der Waals surface area contributed by atoms with E-state index >= 15 is 0 Å². The van der Waals surface area contributed by atoms with Crippen LogP contribution in [0.3, 0.4) is 0 Å². The lowest BCUT2D eigenvalue weighted by atomic mass is 10.1. The van der Waals surface area contributed by atoms with Gasteiger partial charge < -0.3 is 21.3 Å². The van der Waals surface area contributed by atoms with Gasteiger partial charge in [0.25, 0.3) is 11.7 Å². The Balaban J connectivity index is 2.33. The van der Waals surface area contributed by atoms with E-state index in [-0.39, 0.29) is 28.1 Å². The van der Waals surface area contributed by atoms with Gasteiger partial charge >= 0.3 is 5.97 Å². The molecule has 2 aromatic rings. The van der Waals surface area contributed by atoms with E-state index in [0.29, 0.717) is 5.69 Å². The quantitative estimate of drug-likeness (QED) is 0.377. The molecule has 0 fully saturated rings. The van der Waals surface area contributed by atoms with Crippen LogP contribution in [-0.2, 0) is 4.79 Å². The fourth-order valence-electron chi connectivity index (χ4n) is 1.98. The van der Waals surface area contributed by atoms with Crippen LogP contribution in [0.25, 0.3) is 0 Å². The summed E-state index contributed by atoms with van der Waals surface area (Å²) in [6, 6.07) is 9.70. The lowest BCUT2D eigenvalue weighted by molar-refractivity contribution is -0.110. The highest BCUT2D eigenvalue weighted by Gasteiger charge is 2.21. The van der Waals surface area contributed by atoms with Gasteiger partial charge in [-0.25, -0.2) is 4.79 Å². The van der Waals surface area contributed by atoms with Gasteiger partial charge in [-0.1, -0.05) is 0 Å². The largest absolute Gasteiger partial charge is 0.593 e. The molecule has 1 amide bonds. The zero-order chi connectivity index (χ0) is 17.9. The molecule has 0 unspecified atom stereocenters. The maximum atomic E-state index is 12.2. The highest BCUT2D eigenvalue weighted by molar-refractivity contribution is 6.48. The molecule has 0 spiro atoms. The summed E-state index contributed by atoms with van der Waals surface area (Å²) in [4.78, 5) is 23.4. The first kappa shape index (κ1) is 16.5. The number of hydrogen-bond donors (Lipinski definition) is 4. The number of nitriles is 1. The summed E-state index contributed by atoms with van der Waals surface area (Å²) in [5, 5.41) is 35.9. The van der Waals surface area contributed by atoms with Crippen molar-refractivity contribution in [3.8, 4) is 11.8 Å². The van der Waals surface area contributed by atoms with Gasteiger partial charge in [0, 0.05) is 11.8 Å². The van der Waals surface area contributed by atoms with Crippen LogP contribution in [0, 0.1) is 16.7 Å². The van der Waals surface area contributed by atoms with E-state index in [1.54, 1.807) is 0 Å². The third-order valence-corrected chi connectivity index (χ3v) is 3.17. The summed E-state index contributed by atoms with van der Waals surface area (Å²) in [5.41, 5.74) is 5.20. The molecule has 0 bridgehead atoms. The molecule has 8 heteroatoms. The van der Waals surface area contributed by atoms with Crippen molar-refractivity contribution in [2.75, 3.05) is 11.1 Å². The summed E-state index contributed by atoms with van der Waals surface area (Å²) in [6.45, 7) is 0. The molecule has 0 aromatic heterocycles. The SMILES string of the molecule is N#Cc1ccc(NC(=O)C(=N)c2cc(N)ccc2[OH2+])c(C(=O)O)c1. The number of nitrogens with one attached hydrogen (secondary N) is 2. The zero-order valence-corrected chi connectivity index (χ0v) is 12.3. The molecule has 0 saturated heterocycles. The van der Waals surface area contributed by atoms with E-state index in [1.165, 1.54) is 30.3 Å². The molecule has 2 rings (SSSR count). The van der Waals surface area contributed by atoms with E-state index < -0.39 is 17.6 Å². The average molecular weight is 325 g/mol. The van der Waals surface area contributed by atoms with Crippen molar-refractivity contribution in [3.63, 3.8) is 0 Å². The van der Waals surface area contributed by atoms with E-state index in [4.69, 9.17) is 21.5 Å². The van der Waals surface area contributed by atoms with Crippen molar-refractivity contribution >= 4 is 29.0 Å². The molecule has 7 N–H and O–H groups in total. The maximum absolute atomic E-state index is 12.2. The standard InChI is InChI=1S/C16H12N4O4/c17-7-8-1-3-12(10(5-8)16(23)24)20-15(22)14(19)11-6-9(18)2-4-13(11)21/h1-6,19,21H,18H2,(H,20,22)(H,23,24)/p+1. The predicted molar refractivity (Wildman–Crippen MR) is 87.5 cm³/mol. The minimum absolute atomic E-state index is 0.0259. The van der Waals surface area contributed by atoms with Gasteiger partial charge in [-0.2, -0.15) is 5.26 Å². The lowest BCUT2D eigenvalue weighted by Gasteiger charge is -2.10. The number of aromatic carboxylic acids is 1. The molecule has 2 aromatic carbocycles. The minimum Gasteiger partial charge on any atom is -0.593 e. The van der Waals surface area contributed by atoms with Crippen LogP contribution in [0.4, 0.5) is 11.4 Å². The second-order valence-electron chi connectivity index (χ2n) is 4.81. The zero-order valence-electron chi connectivity index (χ0n) is 12.3. The first-order chi connectivity index (χ1) is 11.3. The Bertz CT molecular complexity index is 899. The Morgan fingerprint density at radius 2 is 1.92 bits per heavy atom. The van der Waals surface area contributed by atoms with Crippen molar-refractivity contribution in [2.24, 2.45) is 0 Å². The van der Waals surface area contributed by atoms with Crippen LogP contribution in [0.5, 0.6) is 5.75 Å². The number of carboxylic acids is 1. The number of carbonyl (C=O) groups is 2. The third kappa shape index (κ3) is 3.31. The number of anilines is 2. The van der Waals surface area contributed by atoms with Crippen LogP contribution in [0.15, 0.2) is 36.4 Å². The first-order valence-corrected chi connectivity index (χ1v) is 6.62. The highest BCUT2D eigenvalue weighted by atomic mass is 16.4. The van der Waals surface area contributed by atoms with Gasteiger partial charge in [0.1, 0.15) is 11.3 Å². The van der Waals surface area contributed by atoms with Crippen LogP contribution in [-0.4, -0.2) is 27.8 Å². The summed E-state index contributed by atoms with van der Waals surface area (Å²) in [5.74, 6) is -2.26. The van der Waals surface area contributed by atoms with E-state index in [0.717, 1.165) is 6.07 Å². The normalized spacial score (nSPS) is 9.79. The van der Waals surface area contributed by atoms with E-state index in [9.17, 15) is 14.7 Å². The molecule has 0 aliphatic heterocycles. The lowest BCUT2D eigenvalue weighted by Crippen LogP contribution is -2.24. The topological polar surface area (TPSA) is 163 Å². The smallest absolute Gasteiger partial charge is 0.337 e. The molecule has 8 nitrogen and oxygen atoms in total. The summed E-state index contributed by atoms with van der Waals surface area (Å²) in [6.07, 6.45) is 0. The fourth-order valence-corrected chi connectivity index (χ4v) is 1.98. The number of carboxylic acid groups (broad SMARTS) is 1. The molecule has 24 heavy (non-hydrogen) atoms. The van der Waals surface area contributed by atoms with Crippen molar-refractivity contribution < 1.29 is 19.8 Å². The fraction of sp³-hybridized carbons (Fsp3) is 0. The average Bonchev–Trinajstić information content (AvgIpc) is 2.56. The van der Waals surface area contributed by atoms with Crippen molar-refractivity contribution in [2.45, 2.75) is 0 Å². The predicted octanol–water partition coefficient (Wildman–Crippen LogP) is 1.28. The first-order valence-electron chi connectivity index (χ1n) is 6.62. The molecular weight excluding hydrogens is 312 g/mol. The van der Waals surface area contributed by atoms with Crippen LogP contribution in [0.1, 0.15) is 21.5 Å². The van der Waals surface area contributed by atoms with Gasteiger partial charge in [0.15, 0.2) is 0 Å². The summed E-state index contributed by atoms with van der Waals surface area (Å²) >= 11 is 0. The Labute approximate surface area is 136 Å². The molecule has 0 radical (unpaired) electrons. The van der Waals surface area contributed by atoms with Gasteiger partial charge in [-0.15, -0.1) is 0 Å². The molecule has 120 valence electrons. The number of amides is 1. The Morgan fingerprint density at radius 3 is 2.54 bits per heavy atom. The molecule has 0 atom stereocenters. The molecule has 0 aliphatic rings. The van der Waals surface area contributed by atoms with Gasteiger partial charge in [0.05, 0.1) is 22.9 Å². The van der Waals surface area contributed by atoms with Crippen molar-refractivity contribution in [1.82, 2.24) is 0 Å². The minimum atomic E-state index is -1.32. The molecule has 0 saturated carbocycles. The van der Waals surface area contributed by atoms with E-state index in [1.807, 2.05) is 6.07 Å². The molecule has 0 heterocycles. The monoisotopic (exact) mass is 325 g/mol. The number of nitrogens with zero attached hydrogens (tertiary/aromatic N) is 1. The van der Waals surface area contributed by atoms with E-state index in [2.05, 4.69) is 5.32 Å². The number of benzene rings is 2. The maximum Gasteiger partial charge on any atom is 0.337 e. The number of hydrogen-bond acceptors (Lipinski definition) is 5. The summed E-state index contributed by atoms with van der Waals surface area (Å²) in [7, 11) is 0. The van der Waals surface area contributed by atoms with Gasteiger partial charge in [-0.05, 0) is 30.3 Å². The molecule has 0 aliphatic carbocycles. The van der Waals surface area contributed by atoms with Gasteiger partial charge in [0.2, 0.25) is 0 Å². The van der Waals surface area contributed by atoms with Crippen molar-refractivity contribution in [3.05, 3.63) is 53.1 Å². The Morgan fingerprint density at radius 1 is 1.21 bits per heavy atom. The number of nitrogens with two attached hydrogens (primary N) is 1. The third-order valence-electron chi connectivity index (χ3n) is 3.17. The second-order valence-corrected chi connectivity index (χ2v) is 4.81. The Kier molecular flexibility index (Phi) is 4.47. The number of carbonyl (C=O) groups excluding carboxylic acids is 1. The highest BCUT2D eigenvalue weighted by Crippen LogP contribution is 2.22. The number of rotatable bonds is 4. The Hall–Kier alpha value is -3.86. The van der Waals surface area contributed by atoms with Crippen molar-refractivity contribution in [1.29, 1.82) is 10.7 Å². The summed E-state index contributed by atoms with van der Waals surface area (Å²) < 4.78 is 0. The van der Waals surface area contributed by atoms with Crippen LogP contribution < -0.4 is 11.1 Å². The molecular formula is C16H13N4O4+. The van der Waals surface area contributed by atoms with Gasteiger partial charge in [-0.3, -0.25) is 10.2 Å². The van der Waals surface area contributed by atoms with Crippen LogP contribution in [0.2, 0.25) is 0 Å². The van der Waals surface area contributed by atoms with Crippen LogP contribution >= 0.6 is 0 Å². The number of nitrogen functional groups attached to an aromatic ring is 1.